The maximum Gasteiger partial charge on any atom is 0.340 e. The topological polar surface area (TPSA) is 94.2 Å². The third-order valence-electron chi connectivity index (χ3n) is 4.76. The molecule has 4 aromatic rings. The van der Waals surface area contributed by atoms with Gasteiger partial charge in [0.15, 0.2) is 0 Å². The number of fused-ring (bicyclic) bond motifs is 2. The second-order valence-corrected chi connectivity index (χ2v) is 6.74. The second kappa shape index (κ2) is 7.35. The summed E-state index contributed by atoms with van der Waals surface area (Å²) in [4.78, 5) is 36.4. The lowest BCUT2D eigenvalue weighted by Crippen LogP contribution is -2.15. The smallest absolute Gasteiger partial charge is 0.340 e. The largest absolute Gasteiger partial charge is 0.497 e. The summed E-state index contributed by atoms with van der Waals surface area (Å²) in [6.45, 7) is 3.48. The van der Waals surface area contributed by atoms with Crippen molar-refractivity contribution >= 4 is 27.8 Å². The highest BCUT2D eigenvalue weighted by molar-refractivity contribution is 5.95. The highest BCUT2D eigenvalue weighted by Crippen LogP contribution is 2.22. The summed E-state index contributed by atoms with van der Waals surface area (Å²) in [7, 11) is 1.59. The van der Waals surface area contributed by atoms with Gasteiger partial charge in [0.1, 0.15) is 18.2 Å². The summed E-state index contributed by atoms with van der Waals surface area (Å²) in [5.74, 6) is 0.461. The van der Waals surface area contributed by atoms with Crippen LogP contribution in [-0.4, -0.2) is 28.0 Å². The number of benzene rings is 2. The van der Waals surface area contributed by atoms with E-state index in [2.05, 4.69) is 15.0 Å². The molecular weight excluding hydrogens is 370 g/mol. The summed E-state index contributed by atoms with van der Waals surface area (Å²) in [6.07, 6.45) is 0. The predicted molar refractivity (Wildman–Crippen MR) is 109 cm³/mol. The van der Waals surface area contributed by atoms with Crippen LogP contribution in [-0.2, 0) is 11.3 Å². The fraction of sp³-hybridized carbons (Fsp3) is 0.182. The normalized spacial score (nSPS) is 11.0. The number of methoxy groups -OCH3 is 1. The number of para-hydroxylation sites is 1. The van der Waals surface area contributed by atoms with E-state index in [-0.39, 0.29) is 12.2 Å². The van der Waals surface area contributed by atoms with Crippen LogP contribution >= 0.6 is 0 Å². The van der Waals surface area contributed by atoms with Crippen molar-refractivity contribution in [2.75, 3.05) is 7.11 Å². The number of carbonyl (C=O) groups excluding carboxylic acids is 1. The highest BCUT2D eigenvalue weighted by atomic mass is 16.5. The summed E-state index contributed by atoms with van der Waals surface area (Å²) in [5.41, 5.74) is 2.86. The van der Waals surface area contributed by atoms with Gasteiger partial charge < -0.3 is 14.5 Å². The Kier molecular flexibility index (Phi) is 4.72. The summed E-state index contributed by atoms with van der Waals surface area (Å²) in [6, 6.07) is 12.6. The molecule has 0 bridgehead atoms. The van der Waals surface area contributed by atoms with Crippen molar-refractivity contribution in [1.82, 2.24) is 15.0 Å². The van der Waals surface area contributed by atoms with Crippen molar-refractivity contribution in [3.63, 3.8) is 0 Å². The third-order valence-corrected chi connectivity index (χ3v) is 4.76. The Morgan fingerprint density at radius 3 is 2.72 bits per heavy atom. The third kappa shape index (κ3) is 3.54. The molecule has 1 N–H and O–H groups in total. The number of carbonyl (C=O) groups is 1. The summed E-state index contributed by atoms with van der Waals surface area (Å²) in [5, 5.41) is 1.31. The van der Waals surface area contributed by atoms with Crippen LogP contribution in [0.15, 0.2) is 47.3 Å². The standard InChI is InChI=1S/C22H19N3O4/c1-12-5-4-6-16-20(12)24-19(25-21(16)26)11-29-22(27)17-9-14-7-8-15(28-3)10-18(14)23-13(17)2/h4-10H,11H2,1-3H3,(H,24,25,26). The number of H-pyrrole nitrogens is 1. The number of nitrogens with one attached hydrogen (secondary N) is 1. The minimum absolute atomic E-state index is 0.140. The molecule has 146 valence electrons. The molecule has 0 unspecified atom stereocenters. The number of aromatic amines is 1. The van der Waals surface area contributed by atoms with E-state index < -0.39 is 5.97 Å². The number of hydrogen-bond acceptors (Lipinski definition) is 6. The Morgan fingerprint density at radius 1 is 1.10 bits per heavy atom. The maximum absolute atomic E-state index is 12.6. The number of ether oxygens (including phenoxy) is 2. The maximum atomic E-state index is 12.6. The lowest BCUT2D eigenvalue weighted by Gasteiger charge is -2.09. The Hall–Kier alpha value is -3.74. The minimum Gasteiger partial charge on any atom is -0.497 e. The molecule has 29 heavy (non-hydrogen) atoms. The number of aromatic nitrogens is 3. The van der Waals surface area contributed by atoms with Gasteiger partial charge in [-0.25, -0.2) is 9.78 Å². The van der Waals surface area contributed by atoms with E-state index in [4.69, 9.17) is 9.47 Å². The molecular formula is C22H19N3O4. The summed E-state index contributed by atoms with van der Waals surface area (Å²) < 4.78 is 10.6. The number of nitrogens with zero attached hydrogens (tertiary/aromatic N) is 2. The van der Waals surface area contributed by atoms with Crippen LogP contribution in [0.1, 0.15) is 27.4 Å². The molecule has 0 atom stereocenters. The van der Waals surface area contributed by atoms with Gasteiger partial charge in [-0.2, -0.15) is 0 Å². The van der Waals surface area contributed by atoms with E-state index >= 15 is 0 Å². The van der Waals surface area contributed by atoms with Gasteiger partial charge >= 0.3 is 5.97 Å². The van der Waals surface area contributed by atoms with Gasteiger partial charge in [-0.15, -0.1) is 0 Å². The molecule has 2 aromatic heterocycles. The van der Waals surface area contributed by atoms with Gasteiger partial charge in [-0.3, -0.25) is 9.78 Å². The van der Waals surface area contributed by atoms with Crippen LogP contribution < -0.4 is 10.3 Å². The van der Waals surface area contributed by atoms with Gasteiger partial charge in [-0.05, 0) is 43.7 Å². The molecule has 7 nitrogen and oxygen atoms in total. The molecule has 0 amide bonds. The van der Waals surface area contributed by atoms with E-state index in [0.717, 1.165) is 16.5 Å². The Labute approximate surface area is 166 Å². The number of rotatable bonds is 4. The van der Waals surface area contributed by atoms with E-state index in [1.165, 1.54) is 0 Å². The molecule has 0 aliphatic carbocycles. The zero-order valence-corrected chi connectivity index (χ0v) is 16.3. The molecule has 4 rings (SSSR count). The van der Waals surface area contributed by atoms with Crippen LogP contribution in [0.25, 0.3) is 21.8 Å². The van der Waals surface area contributed by atoms with Crippen LogP contribution in [0.4, 0.5) is 0 Å². The summed E-state index contributed by atoms with van der Waals surface area (Å²) >= 11 is 0. The first-order valence-electron chi connectivity index (χ1n) is 9.07. The van der Waals surface area contributed by atoms with Gasteiger partial charge in [0, 0.05) is 11.5 Å². The van der Waals surface area contributed by atoms with Gasteiger partial charge in [0.25, 0.3) is 5.56 Å². The first-order valence-corrected chi connectivity index (χ1v) is 9.07. The molecule has 2 aromatic carbocycles. The lowest BCUT2D eigenvalue weighted by atomic mass is 10.1. The number of aryl methyl sites for hydroxylation is 2. The van der Waals surface area contributed by atoms with Crippen molar-refractivity contribution in [2.45, 2.75) is 20.5 Å². The van der Waals surface area contributed by atoms with Gasteiger partial charge in [0.2, 0.25) is 0 Å². The van der Waals surface area contributed by atoms with Gasteiger partial charge in [0.05, 0.1) is 34.8 Å². The van der Waals surface area contributed by atoms with Crippen LogP contribution in [0.2, 0.25) is 0 Å². The van der Waals surface area contributed by atoms with E-state index in [0.29, 0.717) is 33.7 Å². The second-order valence-electron chi connectivity index (χ2n) is 6.74. The molecule has 0 radical (unpaired) electrons. The molecule has 0 aliphatic rings. The molecule has 0 fully saturated rings. The Bertz CT molecular complexity index is 1310. The fourth-order valence-electron chi connectivity index (χ4n) is 3.21. The van der Waals surface area contributed by atoms with Crippen molar-refractivity contribution in [3.8, 4) is 5.75 Å². The predicted octanol–water partition coefficient (Wildman–Crippen LogP) is 3.45. The zero-order chi connectivity index (χ0) is 20.5. The first kappa shape index (κ1) is 18.6. The number of pyridine rings is 1. The molecule has 0 aliphatic heterocycles. The average molecular weight is 389 g/mol. The SMILES string of the molecule is COc1ccc2cc(C(=O)OCc3nc4c(C)cccc4c(=O)[nH]3)c(C)nc2c1. The van der Waals surface area contributed by atoms with E-state index in [1.807, 2.05) is 25.1 Å². The quantitative estimate of drug-likeness (QED) is 0.537. The van der Waals surface area contributed by atoms with Gasteiger partial charge in [-0.1, -0.05) is 12.1 Å². The lowest BCUT2D eigenvalue weighted by molar-refractivity contribution is 0.0461. The van der Waals surface area contributed by atoms with E-state index in [1.54, 1.807) is 38.3 Å². The molecule has 0 spiro atoms. The van der Waals surface area contributed by atoms with Crippen molar-refractivity contribution in [1.29, 1.82) is 0 Å². The van der Waals surface area contributed by atoms with E-state index in [9.17, 15) is 9.59 Å². The molecule has 0 saturated carbocycles. The fourth-order valence-corrected chi connectivity index (χ4v) is 3.21. The van der Waals surface area contributed by atoms with Crippen LogP contribution in [0.5, 0.6) is 5.75 Å². The first-order chi connectivity index (χ1) is 14.0. The van der Waals surface area contributed by atoms with Crippen molar-refractivity contribution in [2.24, 2.45) is 0 Å². The minimum atomic E-state index is -0.528. The van der Waals surface area contributed by atoms with Crippen LogP contribution in [0.3, 0.4) is 0 Å². The molecule has 2 heterocycles. The number of hydrogen-bond donors (Lipinski definition) is 1. The van der Waals surface area contributed by atoms with Crippen LogP contribution in [0, 0.1) is 13.8 Å². The van der Waals surface area contributed by atoms with Crippen molar-refractivity contribution < 1.29 is 14.3 Å². The molecule has 7 heteroatoms. The monoisotopic (exact) mass is 389 g/mol. The average Bonchev–Trinajstić information content (AvgIpc) is 2.72. The Balaban J connectivity index is 1.60. The molecule has 0 saturated heterocycles. The zero-order valence-electron chi connectivity index (χ0n) is 16.3. The van der Waals surface area contributed by atoms with Crippen molar-refractivity contribution in [3.05, 3.63) is 75.5 Å². The number of esters is 1. The highest BCUT2D eigenvalue weighted by Gasteiger charge is 2.15. The Morgan fingerprint density at radius 2 is 1.93 bits per heavy atom.